The number of nitrogens with two attached hydrogens (primary N) is 1. The molecule has 1 atom stereocenters. The smallest absolute Gasteiger partial charge is 0.0378 e. The summed E-state index contributed by atoms with van der Waals surface area (Å²) in [7, 11) is 2.06. The van der Waals surface area contributed by atoms with Crippen LogP contribution >= 0.6 is 0 Å². The van der Waals surface area contributed by atoms with Gasteiger partial charge in [0.1, 0.15) is 0 Å². The van der Waals surface area contributed by atoms with Crippen molar-refractivity contribution >= 4 is 5.69 Å². The molecule has 21 heavy (non-hydrogen) atoms. The molecule has 1 unspecified atom stereocenters. The summed E-state index contributed by atoms with van der Waals surface area (Å²) in [5.74, 6) is 0. The van der Waals surface area contributed by atoms with Gasteiger partial charge in [-0.15, -0.1) is 0 Å². The number of aromatic nitrogens is 1. The Hall–Kier alpha value is -1.87. The third kappa shape index (κ3) is 2.54. The lowest BCUT2D eigenvalue weighted by Crippen LogP contribution is -2.52. The van der Waals surface area contributed by atoms with Crippen molar-refractivity contribution in [2.45, 2.75) is 37.1 Å². The molecule has 1 aliphatic carbocycles. The molecule has 3 rings (SSSR count). The zero-order chi connectivity index (χ0) is 14.7. The van der Waals surface area contributed by atoms with Crippen LogP contribution in [0.1, 0.15) is 30.4 Å². The molecule has 0 saturated heterocycles. The largest absolute Gasteiger partial charge is 0.398 e. The molecular weight excluding hydrogens is 258 g/mol. The van der Waals surface area contributed by atoms with Gasteiger partial charge in [-0.1, -0.05) is 36.8 Å². The second kappa shape index (κ2) is 5.86. The molecule has 3 nitrogen and oxygen atoms in total. The van der Waals surface area contributed by atoms with Gasteiger partial charge < -0.3 is 11.1 Å². The van der Waals surface area contributed by atoms with Gasteiger partial charge in [0.05, 0.1) is 0 Å². The van der Waals surface area contributed by atoms with Crippen LogP contribution in [-0.4, -0.2) is 18.1 Å². The number of rotatable bonds is 5. The number of likely N-dealkylation sites (N-methyl/N-ethyl adjacent to an activating group) is 1. The maximum Gasteiger partial charge on any atom is 0.0378 e. The highest BCUT2D eigenvalue weighted by molar-refractivity contribution is 5.45. The van der Waals surface area contributed by atoms with Crippen molar-refractivity contribution in [3.63, 3.8) is 0 Å². The van der Waals surface area contributed by atoms with Crippen molar-refractivity contribution in [1.82, 2.24) is 10.3 Å². The van der Waals surface area contributed by atoms with E-state index in [0.717, 1.165) is 17.7 Å². The maximum atomic E-state index is 6.10. The molecule has 3 N–H and O–H groups in total. The first-order chi connectivity index (χ1) is 10.3. The highest BCUT2D eigenvalue weighted by Gasteiger charge is 2.44. The summed E-state index contributed by atoms with van der Waals surface area (Å²) in [6, 6.07) is 13.2. The SMILES string of the molecule is CNC(Cc1cnccc1N)C1(c2ccccc2)CCC1. The van der Waals surface area contributed by atoms with Gasteiger partial charge in [-0.25, -0.2) is 0 Å². The summed E-state index contributed by atoms with van der Waals surface area (Å²) in [5.41, 5.74) is 9.75. The van der Waals surface area contributed by atoms with Crippen LogP contribution in [0.3, 0.4) is 0 Å². The molecule has 0 amide bonds. The van der Waals surface area contributed by atoms with E-state index >= 15 is 0 Å². The van der Waals surface area contributed by atoms with E-state index in [-0.39, 0.29) is 5.41 Å². The van der Waals surface area contributed by atoms with Gasteiger partial charge in [-0.05, 0) is 43.5 Å². The molecule has 0 bridgehead atoms. The highest BCUT2D eigenvalue weighted by atomic mass is 14.9. The molecule has 0 aliphatic heterocycles. The van der Waals surface area contributed by atoms with Crippen LogP contribution in [0.15, 0.2) is 48.8 Å². The first-order valence-electron chi connectivity index (χ1n) is 7.67. The Labute approximate surface area is 126 Å². The number of anilines is 1. The summed E-state index contributed by atoms with van der Waals surface area (Å²) in [4.78, 5) is 4.22. The quantitative estimate of drug-likeness (QED) is 0.886. The molecule has 110 valence electrons. The van der Waals surface area contributed by atoms with Crippen LogP contribution in [0.4, 0.5) is 5.69 Å². The normalized spacial score (nSPS) is 18.0. The van der Waals surface area contributed by atoms with Gasteiger partial charge in [-0.3, -0.25) is 4.98 Å². The van der Waals surface area contributed by atoms with Gasteiger partial charge in [-0.2, -0.15) is 0 Å². The van der Waals surface area contributed by atoms with Crippen LogP contribution in [0.25, 0.3) is 0 Å². The van der Waals surface area contributed by atoms with Crippen LogP contribution in [0.5, 0.6) is 0 Å². The second-order valence-electron chi connectivity index (χ2n) is 6.00. The average molecular weight is 281 g/mol. The first kappa shape index (κ1) is 14.1. The van der Waals surface area contributed by atoms with Gasteiger partial charge >= 0.3 is 0 Å². The molecule has 1 aromatic heterocycles. The lowest BCUT2D eigenvalue weighted by molar-refractivity contribution is 0.174. The van der Waals surface area contributed by atoms with Gasteiger partial charge in [0.2, 0.25) is 0 Å². The summed E-state index contributed by atoms with van der Waals surface area (Å²) >= 11 is 0. The van der Waals surface area contributed by atoms with Gasteiger partial charge in [0, 0.05) is 29.5 Å². The van der Waals surface area contributed by atoms with Crippen molar-refractivity contribution in [3.05, 3.63) is 59.9 Å². The first-order valence-corrected chi connectivity index (χ1v) is 7.67. The number of hydrogen-bond donors (Lipinski definition) is 2. The third-order valence-electron chi connectivity index (χ3n) is 4.98. The fourth-order valence-corrected chi connectivity index (χ4v) is 3.57. The summed E-state index contributed by atoms with van der Waals surface area (Å²) in [6.45, 7) is 0. The predicted molar refractivity (Wildman–Crippen MR) is 87.2 cm³/mol. The average Bonchev–Trinajstić information content (AvgIpc) is 2.48. The zero-order valence-corrected chi connectivity index (χ0v) is 12.5. The summed E-state index contributed by atoms with van der Waals surface area (Å²) in [6.07, 6.45) is 8.35. The minimum absolute atomic E-state index is 0.234. The molecule has 0 spiro atoms. The molecule has 3 heteroatoms. The number of nitrogens with one attached hydrogen (secondary N) is 1. The Morgan fingerprint density at radius 1 is 1.24 bits per heavy atom. The van der Waals surface area contributed by atoms with Crippen LogP contribution in [-0.2, 0) is 11.8 Å². The van der Waals surface area contributed by atoms with E-state index in [1.54, 1.807) is 6.20 Å². The van der Waals surface area contributed by atoms with Crippen molar-refractivity contribution < 1.29 is 0 Å². The number of hydrogen-bond acceptors (Lipinski definition) is 3. The van der Waals surface area contributed by atoms with E-state index < -0.39 is 0 Å². The topological polar surface area (TPSA) is 50.9 Å². The maximum absolute atomic E-state index is 6.10. The minimum Gasteiger partial charge on any atom is -0.398 e. The Morgan fingerprint density at radius 3 is 2.57 bits per heavy atom. The number of benzene rings is 1. The third-order valence-corrected chi connectivity index (χ3v) is 4.98. The number of nitrogen functional groups attached to an aromatic ring is 1. The Bertz CT molecular complexity index is 590. The van der Waals surface area contributed by atoms with Crippen molar-refractivity contribution in [2.24, 2.45) is 0 Å². The highest BCUT2D eigenvalue weighted by Crippen LogP contribution is 2.47. The van der Waals surface area contributed by atoms with E-state index in [2.05, 4.69) is 47.7 Å². The predicted octanol–water partition coefficient (Wildman–Crippen LogP) is 2.92. The van der Waals surface area contributed by atoms with Crippen LogP contribution in [0.2, 0.25) is 0 Å². The molecule has 1 saturated carbocycles. The van der Waals surface area contributed by atoms with Crippen LogP contribution in [0, 0.1) is 0 Å². The Kier molecular flexibility index (Phi) is 3.93. The van der Waals surface area contributed by atoms with Crippen LogP contribution < -0.4 is 11.1 Å². The standard InChI is InChI=1S/C18H23N3/c1-20-17(12-14-13-21-11-8-16(14)19)18(9-5-10-18)15-6-3-2-4-7-15/h2-4,6-8,11,13,17,20H,5,9-10,12H2,1H3,(H2,19,21). The molecule has 1 aromatic carbocycles. The van der Waals surface area contributed by atoms with E-state index in [1.165, 1.54) is 24.8 Å². The molecule has 1 fully saturated rings. The summed E-state index contributed by atoms with van der Waals surface area (Å²) < 4.78 is 0. The molecule has 1 heterocycles. The monoisotopic (exact) mass is 281 g/mol. The van der Waals surface area contributed by atoms with E-state index in [0.29, 0.717) is 6.04 Å². The van der Waals surface area contributed by atoms with Crippen molar-refractivity contribution in [3.8, 4) is 0 Å². The minimum atomic E-state index is 0.234. The molecule has 0 radical (unpaired) electrons. The fraction of sp³-hybridized carbons (Fsp3) is 0.389. The lowest BCUT2D eigenvalue weighted by Gasteiger charge is -2.48. The summed E-state index contributed by atoms with van der Waals surface area (Å²) in [5, 5.41) is 3.54. The lowest BCUT2D eigenvalue weighted by atomic mass is 9.59. The van der Waals surface area contributed by atoms with E-state index in [4.69, 9.17) is 5.73 Å². The Balaban J connectivity index is 1.90. The molecular formula is C18H23N3. The second-order valence-corrected chi connectivity index (χ2v) is 6.00. The Morgan fingerprint density at radius 2 is 2.00 bits per heavy atom. The number of pyridine rings is 1. The van der Waals surface area contributed by atoms with Crippen molar-refractivity contribution in [1.29, 1.82) is 0 Å². The van der Waals surface area contributed by atoms with Crippen molar-refractivity contribution in [2.75, 3.05) is 12.8 Å². The number of nitrogens with zero attached hydrogens (tertiary/aromatic N) is 1. The fourth-order valence-electron chi connectivity index (χ4n) is 3.57. The zero-order valence-electron chi connectivity index (χ0n) is 12.5. The van der Waals surface area contributed by atoms with Gasteiger partial charge in [0.25, 0.3) is 0 Å². The molecule has 2 aromatic rings. The molecule has 1 aliphatic rings. The van der Waals surface area contributed by atoms with E-state index in [9.17, 15) is 0 Å². The van der Waals surface area contributed by atoms with Gasteiger partial charge in [0.15, 0.2) is 0 Å². The van der Waals surface area contributed by atoms with E-state index in [1.807, 2.05) is 12.3 Å².